The fraction of sp³-hybridized carbons (Fsp3) is 0.154. The first kappa shape index (κ1) is 18.5. The fourth-order valence-corrected chi connectivity index (χ4v) is 4.43. The molecule has 0 aliphatic heterocycles. The van der Waals surface area contributed by atoms with Gasteiger partial charge in [0.15, 0.2) is 5.78 Å². The number of aromatic nitrogens is 2. The Morgan fingerprint density at radius 2 is 1.67 bits per heavy atom. The number of pyridine rings is 1. The average molecular weight is 394 g/mol. The van der Waals surface area contributed by atoms with Crippen LogP contribution in [0.4, 0.5) is 0 Å². The molecule has 3 aromatic carbocycles. The van der Waals surface area contributed by atoms with Gasteiger partial charge in [0, 0.05) is 34.1 Å². The number of ether oxygens (including phenoxy) is 1. The summed E-state index contributed by atoms with van der Waals surface area (Å²) in [5.74, 6) is -0.0132. The zero-order valence-corrected chi connectivity index (χ0v) is 17.1. The summed E-state index contributed by atoms with van der Waals surface area (Å²) in [6.07, 6.45) is 3.78. The first-order valence-corrected chi connectivity index (χ1v) is 10.1. The van der Waals surface area contributed by atoms with E-state index in [1.807, 2.05) is 48.8 Å². The number of benzene rings is 3. The monoisotopic (exact) mass is 394 g/mol. The summed E-state index contributed by atoms with van der Waals surface area (Å²) in [7, 11) is 0. The maximum absolute atomic E-state index is 12.5. The molecule has 2 aromatic heterocycles. The molecule has 0 amide bonds. The summed E-state index contributed by atoms with van der Waals surface area (Å²) in [5.41, 5.74) is 5.34. The first-order chi connectivity index (χ1) is 14.7. The van der Waals surface area contributed by atoms with E-state index in [1.54, 1.807) is 0 Å². The van der Waals surface area contributed by atoms with Crippen molar-refractivity contribution in [3.63, 3.8) is 0 Å². The topological polar surface area (TPSA) is 44.1 Å². The highest BCUT2D eigenvalue weighted by atomic mass is 16.5. The molecule has 0 radical (unpaired) electrons. The quantitative estimate of drug-likeness (QED) is 0.353. The molecule has 0 aliphatic rings. The smallest absolute Gasteiger partial charge is 0.188 e. The average Bonchev–Trinajstić information content (AvgIpc) is 3.13. The van der Waals surface area contributed by atoms with Gasteiger partial charge < -0.3 is 9.30 Å². The van der Waals surface area contributed by atoms with Gasteiger partial charge >= 0.3 is 0 Å². The Bertz CT molecular complexity index is 1400. The lowest BCUT2D eigenvalue weighted by Crippen LogP contribution is -2.12. The second-order valence-corrected chi connectivity index (χ2v) is 7.61. The van der Waals surface area contributed by atoms with Crippen LogP contribution in [0.5, 0.6) is 0 Å². The second kappa shape index (κ2) is 7.39. The normalized spacial score (nSPS) is 11.5. The molecule has 0 aliphatic carbocycles. The van der Waals surface area contributed by atoms with E-state index in [1.165, 1.54) is 32.7 Å². The van der Waals surface area contributed by atoms with Crippen molar-refractivity contribution in [2.45, 2.75) is 20.6 Å². The molecule has 0 N–H and O–H groups in total. The highest BCUT2D eigenvalue weighted by Gasteiger charge is 2.18. The van der Waals surface area contributed by atoms with Gasteiger partial charge in [-0.15, -0.1) is 0 Å². The molecule has 0 spiro atoms. The van der Waals surface area contributed by atoms with Gasteiger partial charge in [0.25, 0.3) is 0 Å². The summed E-state index contributed by atoms with van der Waals surface area (Å²) in [6.45, 7) is 4.67. The van der Waals surface area contributed by atoms with E-state index < -0.39 is 0 Å². The van der Waals surface area contributed by atoms with Crippen LogP contribution in [0.15, 0.2) is 73.1 Å². The van der Waals surface area contributed by atoms with Crippen molar-refractivity contribution in [1.82, 2.24) is 9.55 Å². The molecule has 0 saturated heterocycles. The molecule has 0 bridgehead atoms. The number of nitrogens with zero attached hydrogens (tertiary/aromatic N) is 2. The molecule has 0 fully saturated rings. The Morgan fingerprint density at radius 1 is 0.900 bits per heavy atom. The van der Waals surface area contributed by atoms with Crippen LogP contribution in [0.1, 0.15) is 21.5 Å². The fourth-order valence-electron chi connectivity index (χ4n) is 4.43. The zero-order chi connectivity index (χ0) is 20.7. The van der Waals surface area contributed by atoms with Crippen LogP contribution in [0.25, 0.3) is 32.6 Å². The zero-order valence-electron chi connectivity index (χ0n) is 17.1. The van der Waals surface area contributed by atoms with E-state index >= 15 is 0 Å². The van der Waals surface area contributed by atoms with E-state index in [9.17, 15) is 4.79 Å². The number of aryl methyl sites for hydroxylation is 2. The molecule has 4 nitrogen and oxygen atoms in total. The summed E-state index contributed by atoms with van der Waals surface area (Å²) < 4.78 is 8.10. The second-order valence-electron chi connectivity index (χ2n) is 7.61. The standard InChI is InChI=1S/C26H22N2O2/c1-17-22-14-27-13-12-20(22)18(2)26-25(17)21-10-6-7-11-23(21)28(26)16-30-15-24(29)19-8-4-3-5-9-19/h3-14H,15-16H2,1-2H3. The molecule has 4 heteroatoms. The number of rotatable bonds is 5. The van der Waals surface area contributed by atoms with Crippen molar-refractivity contribution < 1.29 is 9.53 Å². The first-order valence-electron chi connectivity index (χ1n) is 10.1. The van der Waals surface area contributed by atoms with E-state index in [0.717, 1.165) is 11.0 Å². The Labute approximate surface area is 174 Å². The van der Waals surface area contributed by atoms with Crippen LogP contribution in [-0.2, 0) is 11.5 Å². The van der Waals surface area contributed by atoms with E-state index in [2.05, 4.69) is 47.7 Å². The summed E-state index contributed by atoms with van der Waals surface area (Å²) >= 11 is 0. The Balaban J connectivity index is 1.61. The Morgan fingerprint density at radius 3 is 2.50 bits per heavy atom. The van der Waals surface area contributed by atoms with E-state index in [-0.39, 0.29) is 12.4 Å². The molecule has 5 rings (SSSR count). The van der Waals surface area contributed by atoms with Crippen molar-refractivity contribution in [3.8, 4) is 0 Å². The lowest BCUT2D eigenvalue weighted by Gasteiger charge is -2.13. The van der Waals surface area contributed by atoms with Crippen molar-refractivity contribution in [2.75, 3.05) is 6.61 Å². The van der Waals surface area contributed by atoms with Gasteiger partial charge in [-0.25, -0.2) is 0 Å². The van der Waals surface area contributed by atoms with Gasteiger partial charge in [-0.3, -0.25) is 9.78 Å². The number of hydrogen-bond donors (Lipinski definition) is 0. The molecular weight excluding hydrogens is 372 g/mol. The molecule has 0 unspecified atom stereocenters. The number of Topliss-reactive ketones (excluding diaryl/α,β-unsaturated/α-hetero) is 1. The predicted octanol–water partition coefficient (Wildman–Crippen LogP) is 5.82. The minimum atomic E-state index is -0.0132. The van der Waals surface area contributed by atoms with Gasteiger partial charge in [-0.2, -0.15) is 0 Å². The summed E-state index contributed by atoms with van der Waals surface area (Å²) in [6, 6.07) is 19.7. The molecule has 30 heavy (non-hydrogen) atoms. The van der Waals surface area contributed by atoms with Crippen LogP contribution in [0.3, 0.4) is 0 Å². The minimum absolute atomic E-state index is 0.0132. The number of fused-ring (bicyclic) bond motifs is 4. The lowest BCUT2D eigenvalue weighted by molar-refractivity contribution is 0.0602. The molecule has 0 saturated carbocycles. The molecule has 2 heterocycles. The SMILES string of the molecule is Cc1c2cnccc2c(C)c2c1c1ccccc1n2COCC(=O)c1ccccc1. The van der Waals surface area contributed by atoms with Crippen molar-refractivity contribution in [2.24, 2.45) is 0 Å². The number of carbonyl (C=O) groups excluding carboxylic acids is 1. The molecular formula is C26H22N2O2. The minimum Gasteiger partial charge on any atom is -0.353 e. The third kappa shape index (κ3) is 2.88. The van der Waals surface area contributed by atoms with Crippen molar-refractivity contribution in [3.05, 3.63) is 89.7 Å². The van der Waals surface area contributed by atoms with Gasteiger partial charge in [0.2, 0.25) is 0 Å². The predicted molar refractivity (Wildman–Crippen MR) is 121 cm³/mol. The number of ketones is 1. The van der Waals surface area contributed by atoms with Gasteiger partial charge in [-0.05, 0) is 42.5 Å². The summed E-state index contributed by atoms with van der Waals surface area (Å²) in [4.78, 5) is 16.8. The van der Waals surface area contributed by atoms with Crippen molar-refractivity contribution >= 4 is 38.4 Å². The summed E-state index contributed by atoms with van der Waals surface area (Å²) in [5, 5.41) is 4.78. The number of carbonyl (C=O) groups is 1. The number of para-hydroxylation sites is 1. The maximum Gasteiger partial charge on any atom is 0.188 e. The highest BCUT2D eigenvalue weighted by Crippen LogP contribution is 2.38. The van der Waals surface area contributed by atoms with Crippen LogP contribution >= 0.6 is 0 Å². The van der Waals surface area contributed by atoms with E-state index in [0.29, 0.717) is 12.3 Å². The van der Waals surface area contributed by atoms with Gasteiger partial charge in [-0.1, -0.05) is 48.5 Å². The van der Waals surface area contributed by atoms with E-state index in [4.69, 9.17) is 4.74 Å². The Hall–Kier alpha value is -3.50. The third-order valence-corrected chi connectivity index (χ3v) is 5.88. The third-order valence-electron chi connectivity index (χ3n) is 5.88. The molecule has 148 valence electrons. The lowest BCUT2D eigenvalue weighted by atomic mass is 9.97. The Kier molecular flexibility index (Phi) is 4.57. The highest BCUT2D eigenvalue weighted by molar-refractivity contribution is 6.16. The number of hydrogen-bond acceptors (Lipinski definition) is 3. The van der Waals surface area contributed by atoms with Gasteiger partial charge in [0.1, 0.15) is 13.3 Å². The van der Waals surface area contributed by atoms with Crippen LogP contribution < -0.4 is 0 Å². The maximum atomic E-state index is 12.5. The van der Waals surface area contributed by atoms with Crippen LogP contribution in [0, 0.1) is 13.8 Å². The van der Waals surface area contributed by atoms with Crippen LogP contribution in [-0.4, -0.2) is 21.9 Å². The van der Waals surface area contributed by atoms with Gasteiger partial charge in [0.05, 0.1) is 11.0 Å². The molecule has 0 atom stereocenters. The largest absolute Gasteiger partial charge is 0.353 e. The molecule has 5 aromatic rings. The van der Waals surface area contributed by atoms with Crippen molar-refractivity contribution in [1.29, 1.82) is 0 Å². The van der Waals surface area contributed by atoms with Crippen LogP contribution in [0.2, 0.25) is 0 Å².